The SMILES string of the molecule is COc1ccc(CCN2C(=O)N(C(C)C)C(=O)C23CCN(C(C)CCn2cccn2)CC3)cc1. The molecule has 1 aromatic carbocycles. The molecule has 1 atom stereocenters. The Labute approximate surface area is 202 Å². The third kappa shape index (κ3) is 4.69. The summed E-state index contributed by atoms with van der Waals surface area (Å²) in [6.45, 7) is 9.11. The molecule has 2 aliphatic heterocycles. The maximum atomic E-state index is 13.6. The van der Waals surface area contributed by atoms with Crippen LogP contribution in [0.15, 0.2) is 42.7 Å². The van der Waals surface area contributed by atoms with Gasteiger partial charge in [-0.15, -0.1) is 0 Å². The number of aromatic nitrogens is 2. The van der Waals surface area contributed by atoms with E-state index < -0.39 is 5.54 Å². The summed E-state index contributed by atoms with van der Waals surface area (Å²) < 4.78 is 7.21. The summed E-state index contributed by atoms with van der Waals surface area (Å²) in [6, 6.07) is 9.97. The zero-order chi connectivity index (χ0) is 24.3. The fourth-order valence-corrected chi connectivity index (χ4v) is 5.29. The van der Waals surface area contributed by atoms with Crippen molar-refractivity contribution < 1.29 is 14.3 Å². The van der Waals surface area contributed by atoms with E-state index in [1.54, 1.807) is 13.3 Å². The lowest BCUT2D eigenvalue weighted by Crippen LogP contribution is -2.58. The number of carbonyl (C=O) groups is 2. The van der Waals surface area contributed by atoms with Crippen LogP contribution in [0.2, 0.25) is 0 Å². The van der Waals surface area contributed by atoms with Crippen LogP contribution in [0.25, 0.3) is 0 Å². The number of hydrogen-bond donors (Lipinski definition) is 0. The van der Waals surface area contributed by atoms with Gasteiger partial charge in [-0.2, -0.15) is 5.10 Å². The first-order valence-electron chi connectivity index (χ1n) is 12.4. The summed E-state index contributed by atoms with van der Waals surface area (Å²) in [4.78, 5) is 32.8. The number of aryl methyl sites for hydroxylation is 1. The Morgan fingerprint density at radius 2 is 1.76 bits per heavy atom. The summed E-state index contributed by atoms with van der Waals surface area (Å²) in [5.74, 6) is 0.791. The smallest absolute Gasteiger partial charge is 0.327 e. The molecular weight excluding hydrogens is 430 g/mol. The van der Waals surface area contributed by atoms with Crippen molar-refractivity contribution in [3.8, 4) is 5.75 Å². The van der Waals surface area contributed by atoms with E-state index >= 15 is 0 Å². The van der Waals surface area contributed by atoms with E-state index in [1.807, 2.05) is 60.0 Å². The number of piperidine rings is 1. The molecule has 0 N–H and O–H groups in total. The van der Waals surface area contributed by atoms with E-state index in [1.165, 1.54) is 4.90 Å². The van der Waals surface area contributed by atoms with Gasteiger partial charge in [0.05, 0.1) is 7.11 Å². The predicted molar refractivity (Wildman–Crippen MR) is 131 cm³/mol. The molecule has 0 saturated carbocycles. The fraction of sp³-hybridized carbons (Fsp3) is 0.577. The number of benzene rings is 1. The van der Waals surface area contributed by atoms with Crippen molar-refractivity contribution in [3.05, 3.63) is 48.3 Å². The minimum Gasteiger partial charge on any atom is -0.497 e. The summed E-state index contributed by atoms with van der Waals surface area (Å²) in [6.07, 6.45) is 6.85. The fourth-order valence-electron chi connectivity index (χ4n) is 5.29. The zero-order valence-corrected chi connectivity index (χ0v) is 20.8. The first kappa shape index (κ1) is 24.3. The van der Waals surface area contributed by atoms with Crippen LogP contribution >= 0.6 is 0 Å². The molecule has 3 amide bonds. The molecule has 2 fully saturated rings. The molecule has 0 radical (unpaired) electrons. The van der Waals surface area contributed by atoms with Crippen molar-refractivity contribution in [1.82, 2.24) is 24.5 Å². The van der Waals surface area contributed by atoms with Gasteiger partial charge < -0.3 is 14.5 Å². The minimum absolute atomic E-state index is 0.0222. The molecule has 34 heavy (non-hydrogen) atoms. The van der Waals surface area contributed by atoms with Crippen molar-refractivity contribution in [2.24, 2.45) is 0 Å². The second-order valence-corrected chi connectivity index (χ2v) is 9.78. The number of likely N-dealkylation sites (tertiary alicyclic amines) is 1. The summed E-state index contributed by atoms with van der Waals surface area (Å²) in [5.41, 5.74) is 0.398. The van der Waals surface area contributed by atoms with Crippen molar-refractivity contribution in [3.63, 3.8) is 0 Å². The van der Waals surface area contributed by atoms with Crippen LogP contribution in [-0.2, 0) is 17.8 Å². The van der Waals surface area contributed by atoms with Crippen LogP contribution in [-0.4, -0.2) is 80.8 Å². The number of carbonyl (C=O) groups excluding carboxylic acids is 2. The van der Waals surface area contributed by atoms with Crippen molar-refractivity contribution in [2.75, 3.05) is 26.7 Å². The topological polar surface area (TPSA) is 70.9 Å². The standard InChI is InChI=1S/C26H37N5O3/c1-20(2)31-24(32)26(30(25(31)33)17-11-22-6-8-23(34-4)9-7-22)12-18-28(19-13-26)21(3)10-16-29-15-5-14-27-29/h5-9,14-15,20-21H,10-13,16-19H2,1-4H3. The minimum atomic E-state index is -0.730. The van der Waals surface area contributed by atoms with Gasteiger partial charge in [0.15, 0.2) is 0 Å². The van der Waals surface area contributed by atoms with Gasteiger partial charge in [0, 0.05) is 50.7 Å². The zero-order valence-electron chi connectivity index (χ0n) is 20.8. The molecule has 1 aromatic heterocycles. The number of ether oxygens (including phenoxy) is 1. The highest BCUT2D eigenvalue weighted by Gasteiger charge is 2.58. The molecule has 1 unspecified atom stereocenters. The van der Waals surface area contributed by atoms with Crippen LogP contribution in [0.3, 0.4) is 0 Å². The molecule has 2 aliphatic rings. The Balaban J connectivity index is 1.44. The Hall–Kier alpha value is -2.87. The van der Waals surface area contributed by atoms with Gasteiger partial charge in [0.2, 0.25) is 0 Å². The number of urea groups is 1. The maximum Gasteiger partial charge on any atom is 0.327 e. The number of amides is 3. The first-order valence-corrected chi connectivity index (χ1v) is 12.4. The van der Waals surface area contributed by atoms with Gasteiger partial charge in [-0.1, -0.05) is 12.1 Å². The largest absolute Gasteiger partial charge is 0.497 e. The van der Waals surface area contributed by atoms with E-state index in [2.05, 4.69) is 16.9 Å². The second kappa shape index (κ2) is 10.2. The van der Waals surface area contributed by atoms with E-state index in [-0.39, 0.29) is 18.0 Å². The van der Waals surface area contributed by atoms with E-state index in [4.69, 9.17) is 4.74 Å². The Morgan fingerprint density at radius 1 is 1.06 bits per heavy atom. The highest BCUT2D eigenvalue weighted by molar-refractivity contribution is 6.07. The summed E-state index contributed by atoms with van der Waals surface area (Å²) >= 11 is 0. The van der Waals surface area contributed by atoms with Crippen LogP contribution in [0.5, 0.6) is 5.75 Å². The molecule has 2 saturated heterocycles. The van der Waals surface area contributed by atoms with Crippen LogP contribution in [0.1, 0.15) is 45.6 Å². The second-order valence-electron chi connectivity index (χ2n) is 9.78. The quantitative estimate of drug-likeness (QED) is 0.529. The molecule has 3 heterocycles. The Morgan fingerprint density at radius 3 is 2.35 bits per heavy atom. The highest BCUT2D eigenvalue weighted by Crippen LogP contribution is 2.39. The van der Waals surface area contributed by atoms with Gasteiger partial charge in [-0.05, 0) is 70.2 Å². The lowest BCUT2D eigenvalue weighted by molar-refractivity contribution is -0.137. The lowest BCUT2D eigenvalue weighted by atomic mass is 9.84. The van der Waals surface area contributed by atoms with Gasteiger partial charge in [0.1, 0.15) is 11.3 Å². The van der Waals surface area contributed by atoms with Crippen LogP contribution in [0, 0.1) is 0 Å². The van der Waals surface area contributed by atoms with E-state index in [0.717, 1.165) is 37.4 Å². The van der Waals surface area contributed by atoms with Crippen LogP contribution in [0.4, 0.5) is 4.79 Å². The van der Waals surface area contributed by atoms with Crippen molar-refractivity contribution >= 4 is 11.9 Å². The average molecular weight is 468 g/mol. The number of rotatable bonds is 9. The highest BCUT2D eigenvalue weighted by atomic mass is 16.5. The van der Waals surface area contributed by atoms with Gasteiger partial charge in [0.25, 0.3) is 5.91 Å². The third-order valence-corrected chi connectivity index (χ3v) is 7.45. The number of methoxy groups -OCH3 is 1. The molecule has 1 spiro atoms. The van der Waals surface area contributed by atoms with Gasteiger partial charge >= 0.3 is 6.03 Å². The third-order valence-electron chi connectivity index (χ3n) is 7.45. The Kier molecular flexibility index (Phi) is 7.26. The van der Waals surface area contributed by atoms with Crippen molar-refractivity contribution in [2.45, 2.75) is 70.6 Å². The summed E-state index contributed by atoms with van der Waals surface area (Å²) in [7, 11) is 1.65. The number of hydrogen-bond acceptors (Lipinski definition) is 5. The molecule has 8 nitrogen and oxygen atoms in total. The number of imide groups is 1. The molecule has 4 rings (SSSR count). The Bertz CT molecular complexity index is 965. The van der Waals surface area contributed by atoms with Crippen molar-refractivity contribution in [1.29, 1.82) is 0 Å². The van der Waals surface area contributed by atoms with E-state index in [0.29, 0.717) is 31.8 Å². The summed E-state index contributed by atoms with van der Waals surface area (Å²) in [5, 5.41) is 4.30. The monoisotopic (exact) mass is 467 g/mol. The van der Waals surface area contributed by atoms with E-state index in [9.17, 15) is 9.59 Å². The predicted octanol–water partition coefficient (Wildman–Crippen LogP) is 3.42. The molecule has 2 aromatic rings. The maximum absolute atomic E-state index is 13.6. The number of nitrogens with zero attached hydrogens (tertiary/aromatic N) is 5. The average Bonchev–Trinajstić information content (AvgIpc) is 3.43. The lowest BCUT2D eigenvalue weighted by Gasteiger charge is -2.44. The molecular formula is C26H37N5O3. The van der Waals surface area contributed by atoms with Crippen LogP contribution < -0.4 is 4.74 Å². The first-order chi connectivity index (χ1) is 16.4. The van der Waals surface area contributed by atoms with Gasteiger partial charge in [-0.25, -0.2) is 4.79 Å². The molecule has 0 aliphatic carbocycles. The normalized spacial score (nSPS) is 19.4. The van der Waals surface area contributed by atoms with Gasteiger partial charge in [-0.3, -0.25) is 14.4 Å². The molecule has 0 bridgehead atoms. The molecule has 184 valence electrons. The molecule has 8 heteroatoms.